The van der Waals surface area contributed by atoms with Crippen LogP contribution in [0.15, 0.2) is 72.0 Å². The second-order valence-corrected chi connectivity index (χ2v) is 7.65. The summed E-state index contributed by atoms with van der Waals surface area (Å²) in [6, 6.07) is 19.1. The Balaban J connectivity index is 2.49. The molecule has 7 heteroatoms. The van der Waals surface area contributed by atoms with Crippen LogP contribution >= 0.6 is 7.60 Å². The monoisotopic (exact) mass is 376 g/mol. The van der Waals surface area contributed by atoms with E-state index >= 15 is 0 Å². The minimum atomic E-state index is -3.83. The predicted molar refractivity (Wildman–Crippen MR) is 97.8 cm³/mol. The maximum atomic E-state index is 13.0. The molecule has 0 saturated heterocycles. The molecule has 0 amide bonds. The van der Waals surface area contributed by atoms with Gasteiger partial charge in [0.15, 0.2) is 0 Å². The molecule has 0 atom stereocenters. The third-order valence-electron chi connectivity index (χ3n) is 3.84. The van der Waals surface area contributed by atoms with Gasteiger partial charge in [0, 0.05) is 27.3 Å². The molecule has 0 fully saturated rings. The molecule has 0 aliphatic heterocycles. The SMILES string of the molecule is CO/C([O-])=C(/N(Cc1ccccc1)Cc1ccccc1)P(=O)(OC)OC. The summed E-state index contributed by atoms with van der Waals surface area (Å²) in [5.41, 5.74) is 1.77. The van der Waals surface area contributed by atoms with Crippen molar-refractivity contribution >= 4 is 7.60 Å². The lowest BCUT2D eigenvalue weighted by Crippen LogP contribution is -2.28. The first kappa shape index (κ1) is 20.0. The summed E-state index contributed by atoms with van der Waals surface area (Å²) in [7, 11) is -0.0957. The van der Waals surface area contributed by atoms with Gasteiger partial charge in [-0.15, -0.1) is 0 Å². The lowest BCUT2D eigenvalue weighted by Gasteiger charge is -2.33. The van der Waals surface area contributed by atoms with E-state index < -0.39 is 13.5 Å². The molecule has 0 spiro atoms. The molecule has 0 radical (unpaired) electrons. The van der Waals surface area contributed by atoms with E-state index in [1.165, 1.54) is 21.3 Å². The molecule has 0 aliphatic rings. The maximum absolute atomic E-state index is 13.0. The highest BCUT2D eigenvalue weighted by molar-refractivity contribution is 7.58. The van der Waals surface area contributed by atoms with Crippen LogP contribution < -0.4 is 5.11 Å². The number of hydrogen-bond acceptors (Lipinski definition) is 6. The molecule has 140 valence electrons. The van der Waals surface area contributed by atoms with Crippen LogP contribution in [-0.2, 0) is 31.4 Å². The second-order valence-electron chi connectivity index (χ2n) is 5.51. The highest BCUT2D eigenvalue weighted by atomic mass is 31.2. The molecule has 0 aliphatic carbocycles. The highest BCUT2D eigenvalue weighted by Gasteiger charge is 2.34. The third-order valence-corrected chi connectivity index (χ3v) is 5.79. The molecule has 0 saturated carbocycles. The van der Waals surface area contributed by atoms with Gasteiger partial charge >= 0.3 is 7.60 Å². The molecular weight excluding hydrogens is 353 g/mol. The Kier molecular flexibility index (Phi) is 7.27. The van der Waals surface area contributed by atoms with Crippen molar-refractivity contribution in [2.24, 2.45) is 0 Å². The normalized spacial score (nSPS) is 12.4. The zero-order valence-electron chi connectivity index (χ0n) is 15.1. The number of nitrogens with zero attached hydrogens (tertiary/aromatic N) is 1. The van der Waals surface area contributed by atoms with Gasteiger partial charge in [-0.25, -0.2) is 0 Å². The molecule has 2 aromatic rings. The van der Waals surface area contributed by atoms with Gasteiger partial charge in [-0.1, -0.05) is 60.7 Å². The molecule has 0 bridgehead atoms. The average Bonchev–Trinajstić information content (AvgIpc) is 2.69. The first-order valence-electron chi connectivity index (χ1n) is 8.04. The van der Waals surface area contributed by atoms with Crippen molar-refractivity contribution in [2.75, 3.05) is 21.3 Å². The average molecular weight is 376 g/mol. The molecule has 6 nitrogen and oxygen atoms in total. The van der Waals surface area contributed by atoms with Gasteiger partial charge < -0.3 is 23.8 Å². The predicted octanol–water partition coefficient (Wildman–Crippen LogP) is 3.31. The van der Waals surface area contributed by atoms with E-state index in [1.54, 1.807) is 4.90 Å². The molecule has 26 heavy (non-hydrogen) atoms. The second kappa shape index (κ2) is 9.43. The van der Waals surface area contributed by atoms with Crippen molar-refractivity contribution in [1.29, 1.82) is 0 Å². The minimum Gasteiger partial charge on any atom is -0.615 e. The van der Waals surface area contributed by atoms with Crippen LogP contribution in [0, 0.1) is 0 Å². The standard InChI is InChI=1S/C19H24NO5P/c1-23-19(21)18(26(22,24-2)25-3)20(14-16-10-6-4-7-11-16)15-17-12-8-5-9-13-17/h4-13,21H,14-15H2,1-3H3/p-1/b19-18-. The summed E-state index contributed by atoms with van der Waals surface area (Å²) in [6.07, 6.45) is 0. The summed E-state index contributed by atoms with van der Waals surface area (Å²) in [6.45, 7) is 0.688. The Labute approximate surface area is 154 Å². The maximum Gasteiger partial charge on any atom is 0.378 e. The number of hydrogen-bond donors (Lipinski definition) is 0. The van der Waals surface area contributed by atoms with Crippen LogP contribution in [0.3, 0.4) is 0 Å². The van der Waals surface area contributed by atoms with Gasteiger partial charge in [0.2, 0.25) is 0 Å². The fourth-order valence-electron chi connectivity index (χ4n) is 2.57. The van der Waals surface area contributed by atoms with Gasteiger partial charge in [0.05, 0.1) is 5.95 Å². The Morgan fingerprint density at radius 1 is 0.885 bits per heavy atom. The van der Waals surface area contributed by atoms with Crippen molar-refractivity contribution in [1.82, 2.24) is 4.90 Å². The highest BCUT2D eigenvalue weighted by Crippen LogP contribution is 2.57. The number of benzene rings is 2. The molecule has 0 N–H and O–H groups in total. The van der Waals surface area contributed by atoms with Gasteiger partial charge in [-0.05, 0) is 18.2 Å². The Morgan fingerprint density at radius 2 is 1.31 bits per heavy atom. The van der Waals surface area contributed by atoms with E-state index in [2.05, 4.69) is 0 Å². The van der Waals surface area contributed by atoms with Crippen LogP contribution in [0.4, 0.5) is 0 Å². The van der Waals surface area contributed by atoms with E-state index in [9.17, 15) is 9.67 Å². The molecule has 2 rings (SSSR count). The first-order chi connectivity index (χ1) is 12.5. The third kappa shape index (κ3) is 4.88. The van der Waals surface area contributed by atoms with Crippen molar-refractivity contribution in [2.45, 2.75) is 13.1 Å². The Hall–Kier alpha value is -2.27. The summed E-state index contributed by atoms with van der Waals surface area (Å²) in [5, 5.41) is 12.5. The van der Waals surface area contributed by atoms with Crippen LogP contribution in [-0.4, -0.2) is 26.2 Å². The van der Waals surface area contributed by atoms with Gasteiger partial charge in [-0.3, -0.25) is 4.57 Å². The first-order valence-corrected chi connectivity index (χ1v) is 9.58. The van der Waals surface area contributed by atoms with Crippen LogP contribution in [0.1, 0.15) is 11.1 Å². The Morgan fingerprint density at radius 3 is 1.65 bits per heavy atom. The molecular formula is C19H23NO5P-. The zero-order valence-corrected chi connectivity index (χ0v) is 16.0. The van der Waals surface area contributed by atoms with Gasteiger partial charge in [0.1, 0.15) is 5.44 Å². The quantitative estimate of drug-likeness (QED) is 0.494. The van der Waals surface area contributed by atoms with Crippen molar-refractivity contribution in [3.63, 3.8) is 0 Å². The minimum absolute atomic E-state index is 0.127. The summed E-state index contributed by atoms with van der Waals surface area (Å²) in [5.74, 6) is -0.746. The lowest BCUT2D eigenvalue weighted by atomic mass is 10.2. The number of rotatable bonds is 9. The van der Waals surface area contributed by atoms with E-state index in [4.69, 9.17) is 13.8 Å². The van der Waals surface area contributed by atoms with Gasteiger partial charge in [0.25, 0.3) is 0 Å². The van der Waals surface area contributed by atoms with Crippen molar-refractivity contribution in [3.8, 4) is 0 Å². The fourth-order valence-corrected chi connectivity index (χ4v) is 3.86. The van der Waals surface area contributed by atoms with Crippen molar-refractivity contribution < 1.29 is 23.5 Å². The van der Waals surface area contributed by atoms with Crippen LogP contribution in [0.5, 0.6) is 0 Å². The van der Waals surface area contributed by atoms with Crippen molar-refractivity contribution in [3.05, 3.63) is 83.2 Å². The summed E-state index contributed by atoms with van der Waals surface area (Å²) in [4.78, 5) is 1.67. The molecule has 2 aromatic carbocycles. The topological polar surface area (TPSA) is 71.1 Å². The number of methoxy groups -OCH3 is 1. The molecule has 0 unspecified atom stereocenters. The Bertz CT molecular complexity index is 715. The number of ether oxygens (including phenoxy) is 1. The van der Waals surface area contributed by atoms with Crippen LogP contribution in [0.2, 0.25) is 0 Å². The summed E-state index contributed by atoms with van der Waals surface area (Å²) < 4.78 is 28.1. The molecule has 0 aromatic heterocycles. The van der Waals surface area contributed by atoms with Crippen LogP contribution in [0.25, 0.3) is 0 Å². The van der Waals surface area contributed by atoms with Gasteiger partial charge in [-0.2, -0.15) is 0 Å². The lowest BCUT2D eigenvalue weighted by molar-refractivity contribution is -0.356. The molecule has 0 heterocycles. The largest absolute Gasteiger partial charge is 0.615 e. The smallest absolute Gasteiger partial charge is 0.378 e. The van der Waals surface area contributed by atoms with E-state index in [0.29, 0.717) is 13.1 Å². The van der Waals surface area contributed by atoms with E-state index in [1.807, 2.05) is 60.7 Å². The fraction of sp³-hybridized carbons (Fsp3) is 0.263. The zero-order chi connectivity index (χ0) is 19.0. The summed E-state index contributed by atoms with van der Waals surface area (Å²) >= 11 is 0. The van der Waals surface area contributed by atoms with E-state index in [-0.39, 0.29) is 5.44 Å². The van der Waals surface area contributed by atoms with E-state index in [0.717, 1.165) is 11.1 Å².